The fraction of sp³-hybridized carbons (Fsp3) is 0.400. The molecule has 0 aliphatic carbocycles. The maximum absolute atomic E-state index is 12.3. The van der Waals surface area contributed by atoms with Crippen molar-refractivity contribution in [2.24, 2.45) is 0 Å². The lowest BCUT2D eigenvalue weighted by Crippen LogP contribution is -2.61. The van der Waals surface area contributed by atoms with Crippen molar-refractivity contribution >= 4 is 27.0 Å². The molecular weight excluding hydrogens is 480 g/mol. The summed E-state index contributed by atoms with van der Waals surface area (Å²) in [6, 6.07) is 9.50. The van der Waals surface area contributed by atoms with Gasteiger partial charge in [0.1, 0.15) is 23.9 Å². The van der Waals surface area contributed by atoms with Crippen LogP contribution in [-0.2, 0) is 10.0 Å². The summed E-state index contributed by atoms with van der Waals surface area (Å²) in [7, 11) is -3.34. The van der Waals surface area contributed by atoms with Gasteiger partial charge in [0.2, 0.25) is 16.0 Å². The van der Waals surface area contributed by atoms with E-state index in [1.54, 1.807) is 20.0 Å². The molecule has 11 heteroatoms. The third-order valence-electron chi connectivity index (χ3n) is 6.93. The van der Waals surface area contributed by atoms with Crippen LogP contribution in [0.2, 0.25) is 0 Å². The highest BCUT2D eigenvalue weighted by Crippen LogP contribution is 2.46. The second kappa shape index (κ2) is 8.31. The molecule has 1 saturated heterocycles. The van der Waals surface area contributed by atoms with Crippen molar-refractivity contribution in [3.05, 3.63) is 53.7 Å². The van der Waals surface area contributed by atoms with Crippen molar-refractivity contribution in [2.45, 2.75) is 45.0 Å². The van der Waals surface area contributed by atoms with E-state index in [0.29, 0.717) is 19.7 Å². The number of imidazole rings is 1. The first-order valence-corrected chi connectivity index (χ1v) is 13.6. The van der Waals surface area contributed by atoms with Crippen LogP contribution in [0.25, 0.3) is 22.2 Å². The molecular formula is C25H28N6O4S. The molecule has 2 aliphatic heterocycles. The maximum atomic E-state index is 12.3. The lowest BCUT2D eigenvalue weighted by atomic mass is 10.0. The SMILES string of the molecule is Cc1noc(C)c1-c1ccc2nc(N3CC(NS(=O)(=O)C(C)C)C3)n3c2c1OC[C@@H]3c1ccccn1. The summed E-state index contributed by atoms with van der Waals surface area (Å²) in [5.74, 6) is 2.25. The second-order valence-corrected chi connectivity index (χ2v) is 12.0. The number of ether oxygens (including phenoxy) is 1. The van der Waals surface area contributed by atoms with Crippen LogP contribution in [0, 0.1) is 13.8 Å². The molecule has 1 fully saturated rings. The molecule has 4 aromatic rings. The summed E-state index contributed by atoms with van der Waals surface area (Å²) in [4.78, 5) is 11.7. The summed E-state index contributed by atoms with van der Waals surface area (Å²) < 4.78 is 41.5. The van der Waals surface area contributed by atoms with Crippen LogP contribution in [0.3, 0.4) is 0 Å². The number of hydrogen-bond acceptors (Lipinski definition) is 8. The number of aryl methyl sites for hydroxylation is 2. The first-order valence-electron chi connectivity index (χ1n) is 12.0. The zero-order chi connectivity index (χ0) is 25.2. The zero-order valence-corrected chi connectivity index (χ0v) is 21.4. The van der Waals surface area contributed by atoms with E-state index in [9.17, 15) is 8.42 Å². The molecule has 0 bridgehead atoms. The first-order chi connectivity index (χ1) is 17.2. The Morgan fingerprint density at radius 1 is 1.14 bits per heavy atom. The summed E-state index contributed by atoms with van der Waals surface area (Å²) in [5.41, 5.74) is 5.21. The number of benzene rings is 1. The summed E-state index contributed by atoms with van der Waals surface area (Å²) in [6.07, 6.45) is 1.78. The third kappa shape index (κ3) is 3.56. The van der Waals surface area contributed by atoms with Crippen LogP contribution in [0.1, 0.15) is 37.0 Å². The predicted molar refractivity (Wildman–Crippen MR) is 136 cm³/mol. The van der Waals surface area contributed by atoms with Crippen molar-refractivity contribution in [3.8, 4) is 16.9 Å². The molecule has 2 aliphatic rings. The molecule has 10 nitrogen and oxygen atoms in total. The number of hydrogen-bond donors (Lipinski definition) is 1. The minimum absolute atomic E-state index is 0.157. The van der Waals surface area contributed by atoms with Crippen LogP contribution < -0.4 is 14.4 Å². The fourth-order valence-electron chi connectivity index (χ4n) is 4.99. The molecule has 0 saturated carbocycles. The van der Waals surface area contributed by atoms with Gasteiger partial charge in [0, 0.05) is 24.8 Å². The number of anilines is 1. The molecule has 188 valence electrons. The molecule has 3 aromatic heterocycles. The van der Waals surface area contributed by atoms with Gasteiger partial charge in [0.05, 0.1) is 33.8 Å². The number of nitrogens with one attached hydrogen (secondary N) is 1. The Labute approximate surface area is 209 Å². The van der Waals surface area contributed by atoms with Gasteiger partial charge in [-0.3, -0.25) is 9.55 Å². The van der Waals surface area contributed by atoms with E-state index in [0.717, 1.165) is 51.0 Å². The molecule has 0 spiro atoms. The van der Waals surface area contributed by atoms with Gasteiger partial charge in [-0.05, 0) is 52.0 Å². The molecule has 0 radical (unpaired) electrons. The van der Waals surface area contributed by atoms with E-state index in [2.05, 4.69) is 24.3 Å². The Kier molecular flexibility index (Phi) is 5.31. The smallest absolute Gasteiger partial charge is 0.214 e. The van der Waals surface area contributed by atoms with Crippen LogP contribution in [0.5, 0.6) is 5.75 Å². The standard InChI is InChI=1S/C25H28N6O4S/c1-14(2)36(32,33)29-17-11-30(12-17)25-27-20-9-8-18(22-15(3)28-35-16(22)4)24-23(20)31(25)21(13-34-24)19-7-5-6-10-26-19/h5-10,14,17,21,29H,11-13H2,1-4H3/t21-/m1/s1. The monoisotopic (exact) mass is 508 g/mol. The number of nitrogens with zero attached hydrogens (tertiary/aromatic N) is 5. The van der Waals surface area contributed by atoms with Gasteiger partial charge in [-0.2, -0.15) is 0 Å². The minimum atomic E-state index is -3.34. The van der Waals surface area contributed by atoms with Gasteiger partial charge in [-0.25, -0.2) is 18.1 Å². The van der Waals surface area contributed by atoms with Crippen LogP contribution in [0.4, 0.5) is 5.95 Å². The topological polar surface area (TPSA) is 115 Å². The molecule has 36 heavy (non-hydrogen) atoms. The highest BCUT2D eigenvalue weighted by atomic mass is 32.2. The second-order valence-electron chi connectivity index (χ2n) is 9.69. The Morgan fingerprint density at radius 3 is 2.61 bits per heavy atom. The Balaban J connectivity index is 1.46. The zero-order valence-electron chi connectivity index (χ0n) is 20.6. The lowest BCUT2D eigenvalue weighted by Gasteiger charge is -2.41. The van der Waals surface area contributed by atoms with Crippen LogP contribution in [0.15, 0.2) is 41.1 Å². The molecule has 6 rings (SSSR count). The van der Waals surface area contributed by atoms with E-state index in [4.69, 9.17) is 14.2 Å². The van der Waals surface area contributed by atoms with Gasteiger partial charge < -0.3 is 14.2 Å². The van der Waals surface area contributed by atoms with Gasteiger partial charge in [0.15, 0.2) is 5.75 Å². The summed E-state index contributed by atoms with van der Waals surface area (Å²) in [6.45, 7) is 8.64. The van der Waals surface area contributed by atoms with Crippen molar-refractivity contribution in [3.63, 3.8) is 0 Å². The normalized spacial score (nSPS) is 18.0. The number of aromatic nitrogens is 4. The Hall–Kier alpha value is -3.44. The number of pyridine rings is 1. The van der Waals surface area contributed by atoms with Crippen LogP contribution in [-0.4, -0.2) is 59.1 Å². The van der Waals surface area contributed by atoms with E-state index >= 15 is 0 Å². The minimum Gasteiger partial charge on any atom is -0.488 e. The van der Waals surface area contributed by atoms with Crippen molar-refractivity contribution in [2.75, 3.05) is 24.6 Å². The molecule has 1 N–H and O–H groups in total. The van der Waals surface area contributed by atoms with E-state index in [1.807, 2.05) is 44.2 Å². The third-order valence-corrected chi connectivity index (χ3v) is 8.84. The van der Waals surface area contributed by atoms with E-state index < -0.39 is 15.3 Å². The average molecular weight is 509 g/mol. The number of sulfonamides is 1. The van der Waals surface area contributed by atoms with Crippen LogP contribution >= 0.6 is 0 Å². The first kappa shape index (κ1) is 23.0. The van der Waals surface area contributed by atoms with Gasteiger partial charge >= 0.3 is 0 Å². The maximum Gasteiger partial charge on any atom is 0.214 e. The van der Waals surface area contributed by atoms with Crippen molar-refractivity contribution < 1.29 is 17.7 Å². The van der Waals surface area contributed by atoms with E-state index in [-0.39, 0.29) is 12.1 Å². The van der Waals surface area contributed by atoms with Gasteiger partial charge in [0.25, 0.3) is 0 Å². The predicted octanol–water partition coefficient (Wildman–Crippen LogP) is 3.20. The summed E-state index contributed by atoms with van der Waals surface area (Å²) in [5, 5.41) is 3.66. The summed E-state index contributed by atoms with van der Waals surface area (Å²) >= 11 is 0. The van der Waals surface area contributed by atoms with Gasteiger partial charge in [-0.15, -0.1) is 0 Å². The highest BCUT2D eigenvalue weighted by molar-refractivity contribution is 7.90. The molecule has 1 aromatic carbocycles. The van der Waals surface area contributed by atoms with Gasteiger partial charge in [-0.1, -0.05) is 11.2 Å². The Morgan fingerprint density at radius 2 is 1.94 bits per heavy atom. The van der Waals surface area contributed by atoms with Crippen molar-refractivity contribution in [1.29, 1.82) is 0 Å². The molecule has 1 atom stereocenters. The Bertz CT molecular complexity index is 1530. The highest BCUT2D eigenvalue weighted by Gasteiger charge is 2.38. The molecule has 0 amide bonds. The lowest BCUT2D eigenvalue weighted by molar-refractivity contribution is 0.256. The molecule has 5 heterocycles. The quantitative estimate of drug-likeness (QED) is 0.422. The van der Waals surface area contributed by atoms with Crippen molar-refractivity contribution in [1.82, 2.24) is 24.4 Å². The van der Waals surface area contributed by atoms with E-state index in [1.165, 1.54) is 0 Å². The number of rotatable bonds is 6. The average Bonchev–Trinajstić information content (AvgIpc) is 3.38. The largest absolute Gasteiger partial charge is 0.488 e. The fourth-order valence-corrected chi connectivity index (χ4v) is 5.87. The molecule has 0 unspecified atom stereocenters.